The quantitative estimate of drug-likeness (QED) is 0.686. The Bertz CT molecular complexity index is 805. The summed E-state index contributed by atoms with van der Waals surface area (Å²) in [6, 6.07) is 7.93. The van der Waals surface area contributed by atoms with Crippen LogP contribution in [0.1, 0.15) is 6.92 Å². The van der Waals surface area contributed by atoms with Crippen LogP contribution in [0.2, 0.25) is 0 Å². The summed E-state index contributed by atoms with van der Waals surface area (Å²) in [6.45, 7) is 2.83. The van der Waals surface area contributed by atoms with Gasteiger partial charge >= 0.3 is 0 Å². The Morgan fingerprint density at radius 2 is 1.95 bits per heavy atom. The van der Waals surface area contributed by atoms with Crippen molar-refractivity contribution < 1.29 is 0 Å². The zero-order valence-electron chi connectivity index (χ0n) is 11.3. The molecular weight excluding hydrogens is 396 g/mol. The Morgan fingerprint density at radius 3 is 2.76 bits per heavy atom. The van der Waals surface area contributed by atoms with Crippen LogP contribution in [0.3, 0.4) is 0 Å². The molecule has 0 aliphatic heterocycles. The molecular formula is C15H12Br2N4. The molecule has 4 nitrogen and oxygen atoms in total. The summed E-state index contributed by atoms with van der Waals surface area (Å²) in [4.78, 5) is 13.5. The van der Waals surface area contributed by atoms with E-state index in [9.17, 15) is 0 Å². The number of benzene rings is 1. The average molecular weight is 408 g/mol. The SMILES string of the molecule is CCNc1nc(-c2ccc(Br)c3cccnc23)ncc1Br. The summed E-state index contributed by atoms with van der Waals surface area (Å²) >= 11 is 7.01. The third-order valence-electron chi connectivity index (χ3n) is 3.05. The summed E-state index contributed by atoms with van der Waals surface area (Å²) in [5.41, 5.74) is 1.80. The van der Waals surface area contributed by atoms with E-state index < -0.39 is 0 Å². The number of nitrogens with zero attached hydrogens (tertiary/aromatic N) is 3. The molecule has 0 amide bonds. The fourth-order valence-electron chi connectivity index (χ4n) is 2.11. The predicted molar refractivity (Wildman–Crippen MR) is 92.3 cm³/mol. The molecule has 0 aliphatic carbocycles. The summed E-state index contributed by atoms with van der Waals surface area (Å²) in [5, 5.41) is 4.27. The molecule has 0 atom stereocenters. The van der Waals surface area contributed by atoms with Crippen LogP contribution < -0.4 is 5.32 Å². The van der Waals surface area contributed by atoms with Crippen LogP contribution in [0.5, 0.6) is 0 Å². The lowest BCUT2D eigenvalue weighted by molar-refractivity contribution is 1.11. The van der Waals surface area contributed by atoms with Gasteiger partial charge in [0.1, 0.15) is 5.82 Å². The largest absolute Gasteiger partial charge is 0.369 e. The van der Waals surface area contributed by atoms with E-state index in [0.717, 1.165) is 37.8 Å². The molecule has 6 heteroatoms. The monoisotopic (exact) mass is 406 g/mol. The maximum Gasteiger partial charge on any atom is 0.163 e. The number of nitrogens with one attached hydrogen (secondary N) is 1. The van der Waals surface area contributed by atoms with Crippen molar-refractivity contribution in [1.29, 1.82) is 0 Å². The number of aromatic nitrogens is 3. The van der Waals surface area contributed by atoms with Gasteiger partial charge in [-0.3, -0.25) is 4.98 Å². The van der Waals surface area contributed by atoms with Crippen LogP contribution in [0.4, 0.5) is 5.82 Å². The third-order valence-corrected chi connectivity index (χ3v) is 4.32. The van der Waals surface area contributed by atoms with Crippen molar-refractivity contribution in [3.63, 3.8) is 0 Å². The van der Waals surface area contributed by atoms with Gasteiger partial charge in [0.15, 0.2) is 5.82 Å². The summed E-state index contributed by atoms with van der Waals surface area (Å²) in [7, 11) is 0. The Kier molecular flexibility index (Phi) is 4.17. The van der Waals surface area contributed by atoms with E-state index in [-0.39, 0.29) is 0 Å². The van der Waals surface area contributed by atoms with Crippen molar-refractivity contribution >= 4 is 48.6 Å². The molecule has 3 aromatic rings. The second-order valence-corrected chi connectivity index (χ2v) is 6.12. The fraction of sp³-hybridized carbons (Fsp3) is 0.133. The summed E-state index contributed by atoms with van der Waals surface area (Å²) in [5.74, 6) is 1.44. The number of halogens is 2. The average Bonchev–Trinajstić information content (AvgIpc) is 2.51. The highest BCUT2D eigenvalue weighted by molar-refractivity contribution is 9.11. The number of pyridine rings is 1. The maximum atomic E-state index is 4.59. The van der Waals surface area contributed by atoms with Gasteiger partial charge in [0.25, 0.3) is 0 Å². The molecule has 2 heterocycles. The standard InChI is InChI=1S/C15H12Br2N4/c1-2-18-15-12(17)8-20-14(21-15)10-5-6-11(16)9-4-3-7-19-13(9)10/h3-8H,2H2,1H3,(H,18,20,21). The lowest BCUT2D eigenvalue weighted by atomic mass is 10.1. The van der Waals surface area contributed by atoms with Gasteiger partial charge in [0, 0.05) is 34.4 Å². The molecule has 21 heavy (non-hydrogen) atoms. The molecule has 106 valence electrons. The van der Waals surface area contributed by atoms with Crippen molar-refractivity contribution in [2.24, 2.45) is 0 Å². The van der Waals surface area contributed by atoms with Gasteiger partial charge in [-0.15, -0.1) is 0 Å². The summed E-state index contributed by atoms with van der Waals surface area (Å²) in [6.07, 6.45) is 3.54. The smallest absolute Gasteiger partial charge is 0.163 e. The van der Waals surface area contributed by atoms with Crippen molar-refractivity contribution in [3.05, 3.63) is 45.6 Å². The van der Waals surface area contributed by atoms with Crippen LogP contribution in [0.25, 0.3) is 22.3 Å². The molecule has 3 rings (SSSR count). The molecule has 1 N–H and O–H groups in total. The first-order valence-corrected chi connectivity index (χ1v) is 8.09. The molecule has 0 aliphatic rings. The number of anilines is 1. The van der Waals surface area contributed by atoms with Crippen molar-refractivity contribution in [2.75, 3.05) is 11.9 Å². The van der Waals surface area contributed by atoms with Crippen molar-refractivity contribution in [3.8, 4) is 11.4 Å². The van der Waals surface area contributed by atoms with Crippen molar-refractivity contribution in [1.82, 2.24) is 15.0 Å². The number of hydrogen-bond donors (Lipinski definition) is 1. The van der Waals surface area contributed by atoms with Crippen LogP contribution in [-0.2, 0) is 0 Å². The fourth-order valence-corrected chi connectivity index (χ4v) is 2.89. The first-order chi connectivity index (χ1) is 10.2. The third kappa shape index (κ3) is 2.78. The summed E-state index contributed by atoms with van der Waals surface area (Å²) < 4.78 is 1.86. The molecule has 2 aromatic heterocycles. The van der Waals surface area contributed by atoms with Gasteiger partial charge in [-0.05, 0) is 41.1 Å². The minimum atomic E-state index is 0.658. The lowest BCUT2D eigenvalue weighted by Crippen LogP contribution is -2.02. The zero-order chi connectivity index (χ0) is 14.8. The van der Waals surface area contributed by atoms with Crippen molar-refractivity contribution in [2.45, 2.75) is 6.92 Å². The van der Waals surface area contributed by atoms with Crippen LogP contribution in [0.15, 0.2) is 45.6 Å². The van der Waals surface area contributed by atoms with Gasteiger partial charge in [-0.2, -0.15) is 0 Å². The lowest BCUT2D eigenvalue weighted by Gasteiger charge is -2.09. The van der Waals surface area contributed by atoms with E-state index in [0.29, 0.717) is 5.82 Å². The van der Waals surface area contributed by atoms with E-state index >= 15 is 0 Å². The van der Waals surface area contributed by atoms with E-state index in [1.165, 1.54) is 0 Å². The van der Waals surface area contributed by atoms with Gasteiger partial charge < -0.3 is 5.32 Å². The topological polar surface area (TPSA) is 50.7 Å². The highest BCUT2D eigenvalue weighted by atomic mass is 79.9. The highest BCUT2D eigenvalue weighted by Gasteiger charge is 2.12. The van der Waals surface area contributed by atoms with Gasteiger partial charge in [-0.25, -0.2) is 9.97 Å². The molecule has 0 radical (unpaired) electrons. The molecule has 1 aromatic carbocycles. The minimum Gasteiger partial charge on any atom is -0.369 e. The normalized spacial score (nSPS) is 10.8. The van der Waals surface area contributed by atoms with E-state index in [1.54, 1.807) is 12.4 Å². The van der Waals surface area contributed by atoms with Crippen LogP contribution >= 0.6 is 31.9 Å². The highest BCUT2D eigenvalue weighted by Crippen LogP contribution is 2.31. The van der Waals surface area contributed by atoms with E-state index in [1.807, 2.05) is 31.2 Å². The molecule has 0 bridgehead atoms. The van der Waals surface area contributed by atoms with Crippen LogP contribution in [0, 0.1) is 0 Å². The zero-order valence-corrected chi connectivity index (χ0v) is 14.4. The van der Waals surface area contributed by atoms with E-state index in [2.05, 4.69) is 52.1 Å². The first kappa shape index (κ1) is 14.4. The Morgan fingerprint density at radius 1 is 1.10 bits per heavy atom. The maximum absolute atomic E-state index is 4.59. The van der Waals surface area contributed by atoms with Gasteiger partial charge in [0.2, 0.25) is 0 Å². The Balaban J connectivity index is 2.21. The second-order valence-electron chi connectivity index (χ2n) is 4.41. The number of fused-ring (bicyclic) bond motifs is 1. The second kappa shape index (κ2) is 6.07. The Labute approximate surface area is 139 Å². The van der Waals surface area contributed by atoms with E-state index in [4.69, 9.17) is 0 Å². The minimum absolute atomic E-state index is 0.658. The van der Waals surface area contributed by atoms with Crippen LogP contribution in [-0.4, -0.2) is 21.5 Å². The first-order valence-electron chi connectivity index (χ1n) is 6.50. The molecule has 0 unspecified atom stereocenters. The molecule has 0 saturated carbocycles. The Hall–Kier alpha value is -1.53. The molecule has 0 fully saturated rings. The number of hydrogen-bond acceptors (Lipinski definition) is 4. The van der Waals surface area contributed by atoms with Gasteiger partial charge in [-0.1, -0.05) is 22.0 Å². The number of rotatable bonds is 3. The molecule has 0 spiro atoms. The van der Waals surface area contributed by atoms with Gasteiger partial charge in [0.05, 0.1) is 9.99 Å². The predicted octanol–water partition coefficient (Wildman–Crippen LogP) is 4.65. The molecule has 0 saturated heterocycles.